The lowest BCUT2D eigenvalue weighted by molar-refractivity contribution is -0.123. The van der Waals surface area contributed by atoms with E-state index in [1.54, 1.807) is 6.07 Å². The van der Waals surface area contributed by atoms with E-state index in [0.717, 1.165) is 62.1 Å². The maximum atomic E-state index is 14.1. The molecule has 0 spiro atoms. The maximum Gasteiger partial charge on any atom is 0.420 e. The first-order valence-electron chi connectivity index (χ1n) is 18.2. The molecule has 0 bridgehead atoms. The van der Waals surface area contributed by atoms with Crippen molar-refractivity contribution in [3.63, 3.8) is 0 Å². The highest BCUT2D eigenvalue weighted by atomic mass is 16.6. The molecule has 2 N–H and O–H groups in total. The first kappa shape index (κ1) is 38.3. The molecule has 3 aromatic rings. The van der Waals surface area contributed by atoms with E-state index in [-0.39, 0.29) is 18.6 Å². The third kappa shape index (κ3) is 11.0. The molecule has 10 nitrogen and oxygen atoms in total. The van der Waals surface area contributed by atoms with Crippen molar-refractivity contribution in [2.75, 3.05) is 29.5 Å². The summed E-state index contributed by atoms with van der Waals surface area (Å²) in [6, 6.07) is 15.0. The van der Waals surface area contributed by atoms with Crippen LogP contribution in [-0.2, 0) is 16.0 Å². The largest absolute Gasteiger partial charge is 0.484 e. The first-order chi connectivity index (χ1) is 23.9. The Morgan fingerprint density at radius 2 is 1.86 bits per heavy atom. The summed E-state index contributed by atoms with van der Waals surface area (Å²) < 4.78 is 11.8. The summed E-state index contributed by atoms with van der Waals surface area (Å²) >= 11 is 0. The molecular weight excluding hydrogens is 628 g/mol. The standard InChI is InChI=1S/C40H56N6O4/c1-8-10-15-30-18-19-33(23-32(30)26-41)46(39(48)50-40(5,6)7)36-25-35(45-21-12-14-29(13-9-2)20-22-45)43-38(44-36)31-16-11-17-34(24-31)49-27-37(47)42-28(3)4/h11,16-19,23-26,28-29,41H,8-10,12-15,20-22,27H2,1-7H3,(H,42,47). The van der Waals surface area contributed by atoms with Crippen LogP contribution in [0.4, 0.5) is 22.1 Å². The average molecular weight is 685 g/mol. The smallest absolute Gasteiger partial charge is 0.420 e. The van der Waals surface area contributed by atoms with Crippen LogP contribution in [0.1, 0.15) is 105 Å². The summed E-state index contributed by atoms with van der Waals surface area (Å²) in [6.45, 7) is 15.3. The molecule has 1 aromatic heterocycles. The minimum atomic E-state index is -0.758. The van der Waals surface area contributed by atoms with Gasteiger partial charge in [0.05, 0.1) is 5.69 Å². The lowest BCUT2D eigenvalue weighted by atomic mass is 9.96. The van der Waals surface area contributed by atoms with Crippen LogP contribution in [0.5, 0.6) is 5.75 Å². The molecule has 1 saturated heterocycles. The van der Waals surface area contributed by atoms with Crippen LogP contribution >= 0.6 is 0 Å². The number of aromatic nitrogens is 2. The lowest BCUT2D eigenvalue weighted by Gasteiger charge is -2.29. The fourth-order valence-electron chi connectivity index (χ4n) is 6.25. The van der Waals surface area contributed by atoms with Crippen molar-refractivity contribution in [3.8, 4) is 17.1 Å². The molecule has 1 aliphatic rings. The number of hydrogen-bond acceptors (Lipinski definition) is 8. The molecule has 2 aromatic carbocycles. The highest BCUT2D eigenvalue weighted by molar-refractivity contribution is 5.97. The Kier molecular flexibility index (Phi) is 13.8. The highest BCUT2D eigenvalue weighted by Gasteiger charge is 2.29. The molecule has 10 heteroatoms. The molecule has 0 radical (unpaired) electrons. The minimum Gasteiger partial charge on any atom is -0.484 e. The van der Waals surface area contributed by atoms with E-state index in [0.29, 0.717) is 34.6 Å². The van der Waals surface area contributed by atoms with Gasteiger partial charge in [0.1, 0.15) is 23.0 Å². The molecule has 50 heavy (non-hydrogen) atoms. The van der Waals surface area contributed by atoms with Crippen LogP contribution in [0.3, 0.4) is 0 Å². The van der Waals surface area contributed by atoms with Gasteiger partial charge in [0.15, 0.2) is 12.4 Å². The number of ether oxygens (including phenoxy) is 2. The van der Waals surface area contributed by atoms with Crippen molar-refractivity contribution in [2.45, 2.75) is 111 Å². The van der Waals surface area contributed by atoms with E-state index in [2.05, 4.69) is 24.1 Å². The van der Waals surface area contributed by atoms with E-state index in [1.807, 2.05) is 77.1 Å². The lowest BCUT2D eigenvalue weighted by Crippen LogP contribution is -2.35. The fourth-order valence-corrected chi connectivity index (χ4v) is 6.25. The van der Waals surface area contributed by atoms with Crippen LogP contribution in [0.2, 0.25) is 0 Å². The van der Waals surface area contributed by atoms with Gasteiger partial charge in [-0.2, -0.15) is 0 Å². The Bertz CT molecular complexity index is 1600. The van der Waals surface area contributed by atoms with Crippen molar-refractivity contribution in [3.05, 3.63) is 59.7 Å². The Morgan fingerprint density at radius 3 is 2.56 bits per heavy atom. The first-order valence-corrected chi connectivity index (χ1v) is 18.2. The SMILES string of the molecule is CCCCc1ccc(N(C(=O)OC(C)(C)C)c2cc(N3CCCC(CCC)CC3)nc(-c3cccc(OCC(=O)NC(C)C)c3)n2)cc1C=N. The van der Waals surface area contributed by atoms with Crippen LogP contribution in [0, 0.1) is 11.3 Å². The second kappa shape index (κ2) is 18.0. The molecule has 2 heterocycles. The van der Waals surface area contributed by atoms with Gasteiger partial charge >= 0.3 is 6.09 Å². The number of carbonyl (C=O) groups excluding carboxylic acids is 2. The van der Waals surface area contributed by atoms with Gasteiger partial charge in [-0.3, -0.25) is 4.79 Å². The third-order valence-corrected chi connectivity index (χ3v) is 8.63. The van der Waals surface area contributed by atoms with Gasteiger partial charge in [-0.1, -0.05) is 51.3 Å². The van der Waals surface area contributed by atoms with E-state index in [9.17, 15) is 9.59 Å². The monoisotopic (exact) mass is 684 g/mol. The molecule has 4 rings (SSSR count). The number of amides is 2. The Morgan fingerprint density at radius 1 is 1.06 bits per heavy atom. The average Bonchev–Trinajstić information content (AvgIpc) is 3.31. The number of aryl methyl sites for hydroxylation is 1. The van der Waals surface area contributed by atoms with Gasteiger partial charge in [0.2, 0.25) is 0 Å². The Labute approximate surface area is 298 Å². The molecule has 270 valence electrons. The van der Waals surface area contributed by atoms with Crippen LogP contribution in [-0.4, -0.2) is 59.5 Å². The van der Waals surface area contributed by atoms with Gasteiger partial charge < -0.3 is 25.1 Å². The summed E-state index contributed by atoms with van der Waals surface area (Å²) in [4.78, 5) is 40.3. The van der Waals surface area contributed by atoms with E-state index in [4.69, 9.17) is 24.9 Å². The summed E-state index contributed by atoms with van der Waals surface area (Å²) in [7, 11) is 0. The molecule has 2 amide bonds. The zero-order valence-electron chi connectivity index (χ0n) is 31.1. The Balaban J connectivity index is 1.84. The Hall–Kier alpha value is -4.47. The molecule has 1 fully saturated rings. The number of rotatable bonds is 14. The minimum absolute atomic E-state index is 0.0128. The maximum absolute atomic E-state index is 14.1. The predicted molar refractivity (Wildman–Crippen MR) is 202 cm³/mol. The number of nitrogens with zero attached hydrogens (tertiary/aromatic N) is 4. The van der Waals surface area contributed by atoms with E-state index in [1.165, 1.54) is 30.4 Å². The number of hydrogen-bond donors (Lipinski definition) is 2. The second-order valence-electron chi connectivity index (χ2n) is 14.5. The normalized spacial score (nSPS) is 15.0. The van der Waals surface area contributed by atoms with Gasteiger partial charge in [0, 0.05) is 37.0 Å². The van der Waals surface area contributed by atoms with Gasteiger partial charge in [-0.25, -0.2) is 19.7 Å². The van der Waals surface area contributed by atoms with Gasteiger partial charge in [0.25, 0.3) is 5.91 Å². The van der Waals surface area contributed by atoms with Crippen molar-refractivity contribution in [2.24, 2.45) is 5.92 Å². The van der Waals surface area contributed by atoms with Crippen molar-refractivity contribution in [1.82, 2.24) is 15.3 Å². The second-order valence-corrected chi connectivity index (χ2v) is 14.5. The summed E-state index contributed by atoms with van der Waals surface area (Å²) in [5.41, 5.74) is 2.30. The zero-order valence-corrected chi connectivity index (χ0v) is 31.1. The predicted octanol–water partition coefficient (Wildman–Crippen LogP) is 8.87. The number of anilines is 3. The number of carbonyl (C=O) groups is 2. The van der Waals surface area contributed by atoms with Crippen LogP contribution in [0.15, 0.2) is 48.5 Å². The summed E-state index contributed by atoms with van der Waals surface area (Å²) in [5, 5.41) is 11.0. The number of unbranched alkanes of at least 4 members (excludes halogenated alkanes) is 1. The molecule has 1 aliphatic heterocycles. The fraction of sp³-hybridized carbons (Fsp3) is 0.525. The van der Waals surface area contributed by atoms with E-state index >= 15 is 0 Å². The third-order valence-electron chi connectivity index (χ3n) is 8.63. The summed E-state index contributed by atoms with van der Waals surface area (Å²) in [6.07, 6.45) is 9.36. The number of benzene rings is 2. The van der Waals surface area contributed by atoms with Crippen molar-refractivity contribution in [1.29, 1.82) is 5.41 Å². The summed E-state index contributed by atoms with van der Waals surface area (Å²) in [5.74, 6) is 2.50. The van der Waals surface area contributed by atoms with Crippen molar-refractivity contribution < 1.29 is 19.1 Å². The molecule has 1 unspecified atom stereocenters. The van der Waals surface area contributed by atoms with Crippen molar-refractivity contribution >= 4 is 35.5 Å². The van der Waals surface area contributed by atoms with Crippen LogP contribution in [0.25, 0.3) is 11.4 Å². The molecule has 0 saturated carbocycles. The van der Waals surface area contributed by atoms with Crippen LogP contribution < -0.4 is 19.9 Å². The zero-order chi connectivity index (χ0) is 36.3. The van der Waals surface area contributed by atoms with Gasteiger partial charge in [-0.15, -0.1) is 0 Å². The topological polar surface area (TPSA) is 121 Å². The van der Waals surface area contributed by atoms with Gasteiger partial charge in [-0.05, 0) is 108 Å². The molecule has 0 aliphatic carbocycles. The molecular formula is C40H56N6O4. The van der Waals surface area contributed by atoms with E-state index < -0.39 is 11.7 Å². The number of nitrogens with one attached hydrogen (secondary N) is 2. The highest BCUT2D eigenvalue weighted by Crippen LogP contribution is 2.34. The quantitative estimate of drug-likeness (QED) is 0.163. The molecule has 1 atom stereocenters.